The maximum atomic E-state index is 4.02. The Morgan fingerprint density at radius 2 is 2.40 bits per heavy atom. The molecule has 0 saturated carbocycles. The fraction of sp³-hybridized carbons (Fsp3) is 0.667. The zero-order valence-corrected chi connectivity index (χ0v) is 8.20. The van der Waals surface area contributed by atoms with Crippen LogP contribution in [0.15, 0.2) is 0 Å². The first kappa shape index (κ1) is 8.14. The minimum atomic E-state index is 0.889. The molecule has 0 atom stereocenters. The summed E-state index contributed by atoms with van der Waals surface area (Å²) in [5.74, 6) is 0. The summed E-state index contributed by atoms with van der Waals surface area (Å²) in [5, 5.41) is 4.90. The number of aromatic nitrogens is 2. The first-order valence-corrected chi connectivity index (χ1v) is 5.14. The fourth-order valence-electron chi connectivity index (χ4n) is 0.755. The summed E-state index contributed by atoms with van der Waals surface area (Å²) in [7, 11) is 0. The zero-order chi connectivity index (χ0) is 7.40. The maximum Gasteiger partial charge on any atom is 0.0796 e. The topological polar surface area (TPSA) is 25.8 Å². The van der Waals surface area contributed by atoms with Gasteiger partial charge in [0.2, 0.25) is 0 Å². The van der Waals surface area contributed by atoms with Crippen molar-refractivity contribution in [1.29, 1.82) is 0 Å². The van der Waals surface area contributed by atoms with Crippen LogP contribution in [-0.4, -0.2) is 9.59 Å². The van der Waals surface area contributed by atoms with Gasteiger partial charge < -0.3 is 0 Å². The molecule has 4 heteroatoms. The molecule has 0 aliphatic rings. The Hall–Kier alpha value is 0.0400. The summed E-state index contributed by atoms with van der Waals surface area (Å²) in [4.78, 5) is 1.27. The Morgan fingerprint density at radius 1 is 1.60 bits per heavy atom. The average Bonchev–Trinajstić information content (AvgIpc) is 2.36. The van der Waals surface area contributed by atoms with Crippen molar-refractivity contribution in [3.05, 3.63) is 10.6 Å². The largest absolute Gasteiger partial charge is 0.143 e. The third-order valence-electron chi connectivity index (χ3n) is 1.24. The molecule has 0 aromatic carbocycles. The molecule has 0 unspecified atom stereocenters. The molecule has 0 radical (unpaired) electrons. The Balaban J connectivity index is 2.70. The van der Waals surface area contributed by atoms with E-state index in [0.717, 1.165) is 23.9 Å². The van der Waals surface area contributed by atoms with Crippen molar-refractivity contribution in [3.63, 3.8) is 0 Å². The molecule has 10 heavy (non-hydrogen) atoms. The van der Waals surface area contributed by atoms with Crippen LogP contribution in [0.25, 0.3) is 0 Å². The van der Waals surface area contributed by atoms with E-state index < -0.39 is 0 Å². The van der Waals surface area contributed by atoms with Crippen molar-refractivity contribution in [2.75, 3.05) is 0 Å². The van der Waals surface area contributed by atoms with Gasteiger partial charge in [-0.3, -0.25) is 0 Å². The zero-order valence-electron chi connectivity index (χ0n) is 5.80. The predicted molar refractivity (Wildman–Crippen MR) is 46.5 cm³/mol. The van der Waals surface area contributed by atoms with Crippen molar-refractivity contribution >= 4 is 27.5 Å². The molecule has 1 aromatic rings. The normalized spacial score (nSPS) is 10.2. The van der Waals surface area contributed by atoms with Gasteiger partial charge in [-0.1, -0.05) is 33.8 Å². The van der Waals surface area contributed by atoms with E-state index >= 15 is 0 Å². The van der Waals surface area contributed by atoms with Gasteiger partial charge in [0, 0.05) is 5.33 Å². The second-order valence-electron chi connectivity index (χ2n) is 2.03. The van der Waals surface area contributed by atoms with Crippen LogP contribution in [0.2, 0.25) is 0 Å². The number of aryl methyl sites for hydroxylation is 1. The lowest BCUT2D eigenvalue weighted by Gasteiger charge is -1.91. The van der Waals surface area contributed by atoms with Gasteiger partial charge in [-0.25, -0.2) is 0 Å². The Labute approximate surface area is 72.9 Å². The summed E-state index contributed by atoms with van der Waals surface area (Å²) in [5.41, 5.74) is 1.16. The van der Waals surface area contributed by atoms with E-state index in [4.69, 9.17) is 0 Å². The standard InChI is InChI=1S/C6H9BrN2S/c1-2-3-5-6(4-7)10-9-8-5/h2-4H2,1H3. The molecule has 0 aliphatic heterocycles. The predicted octanol–water partition coefficient (Wildman–Crippen LogP) is 2.39. The van der Waals surface area contributed by atoms with Crippen LogP contribution in [0.4, 0.5) is 0 Å². The number of hydrogen-bond donors (Lipinski definition) is 0. The molecule has 1 aromatic heterocycles. The third kappa shape index (κ3) is 1.76. The van der Waals surface area contributed by atoms with Crippen LogP contribution in [0.5, 0.6) is 0 Å². The molecule has 0 bridgehead atoms. The van der Waals surface area contributed by atoms with Crippen LogP contribution in [0.3, 0.4) is 0 Å². The molecule has 0 fully saturated rings. The van der Waals surface area contributed by atoms with Crippen LogP contribution in [-0.2, 0) is 11.8 Å². The Bertz CT molecular complexity index is 199. The lowest BCUT2D eigenvalue weighted by Crippen LogP contribution is -1.87. The smallest absolute Gasteiger partial charge is 0.0796 e. The highest BCUT2D eigenvalue weighted by Gasteiger charge is 2.03. The molecule has 0 N–H and O–H groups in total. The molecule has 56 valence electrons. The minimum absolute atomic E-state index is 0.889. The van der Waals surface area contributed by atoms with Gasteiger partial charge in [0.1, 0.15) is 0 Å². The van der Waals surface area contributed by atoms with E-state index in [0.29, 0.717) is 0 Å². The molecule has 2 nitrogen and oxygen atoms in total. The third-order valence-corrected chi connectivity index (χ3v) is 2.94. The van der Waals surface area contributed by atoms with Gasteiger partial charge in [0.15, 0.2) is 0 Å². The monoisotopic (exact) mass is 220 g/mol. The second-order valence-corrected chi connectivity index (χ2v) is 3.43. The van der Waals surface area contributed by atoms with E-state index in [9.17, 15) is 0 Å². The van der Waals surface area contributed by atoms with Gasteiger partial charge >= 0.3 is 0 Å². The quantitative estimate of drug-likeness (QED) is 0.732. The Kier molecular flexibility index (Phi) is 3.28. The van der Waals surface area contributed by atoms with Crippen molar-refractivity contribution in [2.24, 2.45) is 0 Å². The first-order chi connectivity index (χ1) is 4.88. The van der Waals surface area contributed by atoms with E-state index in [-0.39, 0.29) is 0 Å². The van der Waals surface area contributed by atoms with Crippen LogP contribution >= 0.6 is 27.5 Å². The van der Waals surface area contributed by atoms with Gasteiger partial charge in [-0.2, -0.15) is 0 Å². The molecule has 0 amide bonds. The summed E-state index contributed by atoms with van der Waals surface area (Å²) in [6, 6.07) is 0. The highest BCUT2D eigenvalue weighted by atomic mass is 79.9. The molecular formula is C6H9BrN2S. The van der Waals surface area contributed by atoms with Gasteiger partial charge in [0.25, 0.3) is 0 Å². The van der Waals surface area contributed by atoms with Crippen molar-refractivity contribution in [3.8, 4) is 0 Å². The van der Waals surface area contributed by atoms with E-state index in [1.165, 1.54) is 16.4 Å². The van der Waals surface area contributed by atoms with Crippen molar-refractivity contribution < 1.29 is 0 Å². The van der Waals surface area contributed by atoms with Gasteiger partial charge in [0.05, 0.1) is 10.6 Å². The van der Waals surface area contributed by atoms with E-state index in [1.54, 1.807) is 0 Å². The SMILES string of the molecule is CCCc1nnsc1CBr. The second kappa shape index (κ2) is 4.03. The number of alkyl halides is 1. The Morgan fingerprint density at radius 3 is 3.00 bits per heavy atom. The molecule has 0 aliphatic carbocycles. The van der Waals surface area contributed by atoms with E-state index in [1.807, 2.05) is 0 Å². The molecule has 0 spiro atoms. The molecule has 1 heterocycles. The lowest BCUT2D eigenvalue weighted by molar-refractivity contribution is 0.862. The van der Waals surface area contributed by atoms with Gasteiger partial charge in [-0.05, 0) is 18.0 Å². The maximum absolute atomic E-state index is 4.02. The fourth-order valence-corrected chi connectivity index (χ4v) is 1.92. The highest BCUT2D eigenvalue weighted by Crippen LogP contribution is 2.15. The van der Waals surface area contributed by atoms with Gasteiger partial charge in [-0.15, -0.1) is 5.10 Å². The first-order valence-electron chi connectivity index (χ1n) is 3.24. The summed E-state index contributed by atoms with van der Waals surface area (Å²) in [6.07, 6.45) is 2.20. The van der Waals surface area contributed by atoms with E-state index in [2.05, 4.69) is 32.4 Å². The molecule has 0 saturated heterocycles. The minimum Gasteiger partial charge on any atom is -0.143 e. The summed E-state index contributed by atoms with van der Waals surface area (Å²) >= 11 is 4.87. The van der Waals surface area contributed by atoms with Crippen LogP contribution in [0.1, 0.15) is 23.9 Å². The van der Waals surface area contributed by atoms with Crippen molar-refractivity contribution in [1.82, 2.24) is 9.59 Å². The van der Waals surface area contributed by atoms with Crippen molar-refractivity contribution in [2.45, 2.75) is 25.1 Å². The summed E-state index contributed by atoms with van der Waals surface area (Å²) in [6.45, 7) is 2.15. The number of hydrogen-bond acceptors (Lipinski definition) is 3. The highest BCUT2D eigenvalue weighted by molar-refractivity contribution is 9.08. The van der Waals surface area contributed by atoms with Crippen LogP contribution < -0.4 is 0 Å². The number of nitrogens with zero attached hydrogens (tertiary/aromatic N) is 2. The lowest BCUT2D eigenvalue weighted by atomic mass is 10.2. The average molecular weight is 221 g/mol. The number of halogens is 1. The molecular weight excluding hydrogens is 212 g/mol. The number of rotatable bonds is 3. The molecule has 1 rings (SSSR count). The summed E-state index contributed by atoms with van der Waals surface area (Å²) < 4.78 is 3.87. The van der Waals surface area contributed by atoms with Crippen LogP contribution in [0, 0.1) is 0 Å².